The van der Waals surface area contributed by atoms with E-state index in [1.54, 1.807) is 25.1 Å². The lowest BCUT2D eigenvalue weighted by Crippen LogP contribution is -2.25. The zero-order valence-corrected chi connectivity index (χ0v) is 11.5. The van der Waals surface area contributed by atoms with Gasteiger partial charge < -0.3 is 10.4 Å². The van der Waals surface area contributed by atoms with Crippen molar-refractivity contribution >= 4 is 5.91 Å². The van der Waals surface area contributed by atoms with Gasteiger partial charge in [-0.2, -0.15) is 0 Å². The normalized spacial score (nSPS) is 10.7. The van der Waals surface area contributed by atoms with Gasteiger partial charge in [-0.15, -0.1) is 0 Å². The Balaban J connectivity index is 2.39. The molecule has 0 heterocycles. The molecular weight excluding hydrogens is 226 g/mol. The summed E-state index contributed by atoms with van der Waals surface area (Å²) < 4.78 is 0. The molecule has 0 aliphatic rings. The first-order valence-electron chi connectivity index (χ1n) is 6.59. The van der Waals surface area contributed by atoms with E-state index in [0.717, 1.165) is 12.8 Å². The van der Waals surface area contributed by atoms with E-state index in [4.69, 9.17) is 0 Å². The number of phenols is 1. The van der Waals surface area contributed by atoms with Gasteiger partial charge in [0.1, 0.15) is 5.75 Å². The van der Waals surface area contributed by atoms with Crippen LogP contribution in [0.25, 0.3) is 0 Å². The number of hydrogen-bond acceptors (Lipinski definition) is 2. The van der Waals surface area contributed by atoms with Crippen LogP contribution in [0.2, 0.25) is 0 Å². The Kier molecular flexibility index (Phi) is 5.69. The van der Waals surface area contributed by atoms with Crippen molar-refractivity contribution < 1.29 is 9.90 Å². The summed E-state index contributed by atoms with van der Waals surface area (Å²) in [4.78, 5) is 11.9. The first-order chi connectivity index (χ1) is 8.52. The van der Waals surface area contributed by atoms with Gasteiger partial charge in [0.15, 0.2) is 0 Å². The molecule has 0 fully saturated rings. The van der Waals surface area contributed by atoms with Crippen LogP contribution in [0, 0.1) is 12.8 Å². The molecule has 0 spiro atoms. The molecule has 0 saturated carbocycles. The SMILES string of the molecule is Cc1c(O)cccc1C(=O)NCCCCC(C)C. The summed E-state index contributed by atoms with van der Waals surface area (Å²) in [5.74, 6) is 0.782. The molecule has 0 aliphatic heterocycles. The Bertz CT molecular complexity index is 399. The maximum atomic E-state index is 11.9. The lowest BCUT2D eigenvalue weighted by Gasteiger charge is -2.09. The topological polar surface area (TPSA) is 49.3 Å². The van der Waals surface area contributed by atoms with Crippen LogP contribution in [0.15, 0.2) is 18.2 Å². The smallest absolute Gasteiger partial charge is 0.251 e. The third-order valence-corrected chi connectivity index (χ3v) is 3.04. The monoisotopic (exact) mass is 249 g/mol. The predicted molar refractivity (Wildman–Crippen MR) is 73.9 cm³/mol. The minimum atomic E-state index is -0.104. The molecule has 1 aromatic rings. The summed E-state index contributed by atoms with van der Waals surface area (Å²) in [5.41, 5.74) is 1.19. The number of carbonyl (C=O) groups is 1. The molecule has 0 atom stereocenters. The van der Waals surface area contributed by atoms with Crippen LogP contribution in [0.4, 0.5) is 0 Å². The second-order valence-corrected chi connectivity index (χ2v) is 5.10. The average molecular weight is 249 g/mol. The van der Waals surface area contributed by atoms with Crippen molar-refractivity contribution in [1.29, 1.82) is 0 Å². The van der Waals surface area contributed by atoms with Gasteiger partial charge in [0.2, 0.25) is 0 Å². The van der Waals surface area contributed by atoms with Crippen LogP contribution < -0.4 is 5.32 Å². The van der Waals surface area contributed by atoms with Crippen LogP contribution in [0.1, 0.15) is 49.0 Å². The minimum Gasteiger partial charge on any atom is -0.508 e. The van der Waals surface area contributed by atoms with E-state index >= 15 is 0 Å². The summed E-state index contributed by atoms with van der Waals surface area (Å²) in [7, 11) is 0. The Morgan fingerprint density at radius 2 is 2.06 bits per heavy atom. The molecule has 3 heteroatoms. The van der Waals surface area contributed by atoms with Crippen LogP contribution in [-0.2, 0) is 0 Å². The molecule has 2 N–H and O–H groups in total. The predicted octanol–water partition coefficient (Wildman–Crippen LogP) is 3.26. The van der Waals surface area contributed by atoms with Crippen LogP contribution in [0.3, 0.4) is 0 Å². The van der Waals surface area contributed by atoms with Crippen molar-refractivity contribution in [1.82, 2.24) is 5.32 Å². The highest BCUT2D eigenvalue weighted by molar-refractivity contribution is 5.96. The standard InChI is InChI=1S/C15H23NO2/c1-11(2)7-4-5-10-16-15(18)13-8-6-9-14(17)12(13)3/h6,8-9,11,17H,4-5,7,10H2,1-3H3,(H,16,18). The molecule has 1 amide bonds. The Hall–Kier alpha value is -1.51. The zero-order chi connectivity index (χ0) is 13.5. The summed E-state index contributed by atoms with van der Waals surface area (Å²) in [6.45, 7) is 6.85. The largest absolute Gasteiger partial charge is 0.508 e. The maximum Gasteiger partial charge on any atom is 0.251 e. The van der Waals surface area contributed by atoms with Crippen LogP contribution >= 0.6 is 0 Å². The number of amides is 1. The average Bonchev–Trinajstić information content (AvgIpc) is 2.31. The molecule has 0 aliphatic carbocycles. The van der Waals surface area contributed by atoms with Crippen molar-refractivity contribution in [2.75, 3.05) is 6.54 Å². The number of rotatable bonds is 6. The quantitative estimate of drug-likeness (QED) is 0.760. The van der Waals surface area contributed by atoms with Crippen molar-refractivity contribution in [3.05, 3.63) is 29.3 Å². The maximum absolute atomic E-state index is 11.9. The number of carbonyl (C=O) groups excluding carboxylic acids is 1. The van der Waals surface area contributed by atoms with Crippen molar-refractivity contribution in [3.8, 4) is 5.75 Å². The van der Waals surface area contributed by atoms with Gasteiger partial charge in [0.05, 0.1) is 0 Å². The first-order valence-corrected chi connectivity index (χ1v) is 6.59. The van der Waals surface area contributed by atoms with Gasteiger partial charge in [0, 0.05) is 17.7 Å². The number of phenolic OH excluding ortho intramolecular Hbond substituents is 1. The van der Waals surface area contributed by atoms with Crippen LogP contribution in [0.5, 0.6) is 5.75 Å². The van der Waals surface area contributed by atoms with Gasteiger partial charge in [-0.25, -0.2) is 0 Å². The Labute approximate surface area is 109 Å². The summed E-state index contributed by atoms with van der Waals surface area (Å²) in [5, 5.41) is 12.4. The van der Waals surface area contributed by atoms with Gasteiger partial charge in [-0.05, 0) is 31.4 Å². The second-order valence-electron chi connectivity index (χ2n) is 5.10. The van der Waals surface area contributed by atoms with E-state index in [1.165, 1.54) is 6.42 Å². The summed E-state index contributed by atoms with van der Waals surface area (Å²) in [6.07, 6.45) is 3.33. The molecule has 1 aromatic carbocycles. The fourth-order valence-corrected chi connectivity index (χ4v) is 1.84. The number of unbranched alkanes of at least 4 members (excludes halogenated alkanes) is 1. The van der Waals surface area contributed by atoms with Crippen molar-refractivity contribution in [2.45, 2.75) is 40.0 Å². The molecule has 0 saturated heterocycles. The fraction of sp³-hybridized carbons (Fsp3) is 0.533. The lowest BCUT2D eigenvalue weighted by molar-refractivity contribution is 0.0952. The van der Waals surface area contributed by atoms with E-state index in [1.807, 2.05) is 0 Å². The van der Waals surface area contributed by atoms with E-state index in [0.29, 0.717) is 23.6 Å². The summed E-state index contributed by atoms with van der Waals surface area (Å²) in [6, 6.07) is 5.02. The highest BCUT2D eigenvalue weighted by Gasteiger charge is 2.10. The second kappa shape index (κ2) is 7.04. The third-order valence-electron chi connectivity index (χ3n) is 3.04. The van der Waals surface area contributed by atoms with E-state index in [9.17, 15) is 9.90 Å². The van der Waals surface area contributed by atoms with E-state index in [2.05, 4.69) is 19.2 Å². The van der Waals surface area contributed by atoms with Gasteiger partial charge >= 0.3 is 0 Å². The van der Waals surface area contributed by atoms with Gasteiger partial charge in [-0.3, -0.25) is 4.79 Å². The number of benzene rings is 1. The summed E-state index contributed by atoms with van der Waals surface area (Å²) >= 11 is 0. The van der Waals surface area contributed by atoms with Gasteiger partial charge in [0.25, 0.3) is 5.91 Å². The Morgan fingerprint density at radius 3 is 2.72 bits per heavy atom. The first kappa shape index (κ1) is 14.6. The minimum absolute atomic E-state index is 0.104. The highest BCUT2D eigenvalue weighted by Crippen LogP contribution is 2.19. The molecule has 0 aromatic heterocycles. The van der Waals surface area contributed by atoms with Crippen LogP contribution in [-0.4, -0.2) is 17.6 Å². The lowest BCUT2D eigenvalue weighted by atomic mass is 10.1. The molecule has 0 bridgehead atoms. The van der Waals surface area contributed by atoms with Gasteiger partial charge in [-0.1, -0.05) is 32.8 Å². The molecule has 100 valence electrons. The molecule has 0 unspecified atom stereocenters. The number of hydrogen-bond donors (Lipinski definition) is 2. The number of aromatic hydroxyl groups is 1. The Morgan fingerprint density at radius 1 is 1.33 bits per heavy atom. The highest BCUT2D eigenvalue weighted by atomic mass is 16.3. The van der Waals surface area contributed by atoms with Crippen molar-refractivity contribution in [3.63, 3.8) is 0 Å². The molecule has 18 heavy (non-hydrogen) atoms. The molecule has 3 nitrogen and oxygen atoms in total. The fourth-order valence-electron chi connectivity index (χ4n) is 1.84. The molecule has 0 radical (unpaired) electrons. The third kappa shape index (κ3) is 4.40. The van der Waals surface area contributed by atoms with E-state index < -0.39 is 0 Å². The number of nitrogens with one attached hydrogen (secondary N) is 1. The van der Waals surface area contributed by atoms with Crippen molar-refractivity contribution in [2.24, 2.45) is 5.92 Å². The molecule has 1 rings (SSSR count). The zero-order valence-electron chi connectivity index (χ0n) is 11.5. The molecular formula is C15H23NO2. The van der Waals surface area contributed by atoms with E-state index in [-0.39, 0.29) is 11.7 Å².